The van der Waals surface area contributed by atoms with Gasteiger partial charge in [-0.25, -0.2) is 0 Å². The monoisotopic (exact) mass is 182 g/mol. The molecule has 0 bridgehead atoms. The van der Waals surface area contributed by atoms with E-state index in [1.807, 2.05) is 25.1 Å². The van der Waals surface area contributed by atoms with Crippen LogP contribution in [0.2, 0.25) is 0 Å². The van der Waals surface area contributed by atoms with Crippen LogP contribution in [0.5, 0.6) is 5.75 Å². The van der Waals surface area contributed by atoms with E-state index in [1.165, 1.54) is 5.56 Å². The van der Waals surface area contributed by atoms with Crippen LogP contribution in [0.15, 0.2) is 24.3 Å². The van der Waals surface area contributed by atoms with Crippen molar-refractivity contribution in [2.45, 2.75) is 26.1 Å². The summed E-state index contributed by atoms with van der Waals surface area (Å²) in [5, 5.41) is 0. The molecule has 0 aromatic heterocycles. The van der Waals surface area contributed by atoms with Crippen LogP contribution in [0.1, 0.15) is 19.4 Å². The Bertz CT molecular complexity index is 245. The fourth-order valence-corrected chi connectivity index (χ4v) is 1.26. The molecule has 1 nitrogen and oxygen atoms in total. The van der Waals surface area contributed by atoms with Gasteiger partial charge in [0.15, 0.2) is 0 Å². The average molecular weight is 182 g/mol. The quantitative estimate of drug-likeness (QED) is 0.653. The molecule has 0 saturated heterocycles. The Morgan fingerprint density at radius 3 is 2.67 bits per heavy atom. The lowest BCUT2D eigenvalue weighted by Gasteiger charge is -2.12. The summed E-state index contributed by atoms with van der Waals surface area (Å²) in [6.07, 6.45) is 1.02. The Morgan fingerprint density at radius 2 is 2.08 bits per heavy atom. The molecule has 2 heteroatoms. The van der Waals surface area contributed by atoms with Gasteiger partial charge in [-0.2, -0.15) is 0 Å². The van der Waals surface area contributed by atoms with Crippen LogP contribution in [-0.4, -0.2) is 5.85 Å². The molecule has 0 spiro atoms. The van der Waals surface area contributed by atoms with Gasteiger partial charge in [0.2, 0.25) is 0 Å². The van der Waals surface area contributed by atoms with Crippen molar-refractivity contribution in [1.29, 1.82) is 0 Å². The Hall–Kier alpha value is -0.550. The van der Waals surface area contributed by atoms with Crippen LogP contribution >= 0.6 is 9.24 Å². The first-order valence-electron chi connectivity index (χ1n) is 4.24. The molecule has 0 radical (unpaired) electrons. The molecule has 1 aromatic rings. The third kappa shape index (κ3) is 2.49. The van der Waals surface area contributed by atoms with Crippen molar-refractivity contribution >= 4 is 9.24 Å². The Balaban J connectivity index is 2.82. The fraction of sp³-hybridized carbons (Fsp3) is 0.400. The molecule has 1 aromatic carbocycles. The highest BCUT2D eigenvalue weighted by molar-refractivity contribution is 7.17. The largest absolute Gasteiger partial charge is 0.487 e. The highest BCUT2D eigenvalue weighted by atomic mass is 31.0. The van der Waals surface area contributed by atoms with Crippen LogP contribution < -0.4 is 4.74 Å². The summed E-state index contributed by atoms with van der Waals surface area (Å²) in [4.78, 5) is 0. The average Bonchev–Trinajstić information content (AvgIpc) is 2.04. The van der Waals surface area contributed by atoms with Crippen molar-refractivity contribution in [3.63, 3.8) is 0 Å². The van der Waals surface area contributed by atoms with E-state index in [2.05, 4.69) is 22.2 Å². The first kappa shape index (κ1) is 9.54. The first-order valence-corrected chi connectivity index (χ1v) is 4.91. The minimum atomic E-state index is 0.178. The van der Waals surface area contributed by atoms with Gasteiger partial charge in [-0.15, -0.1) is 0 Å². The number of para-hydroxylation sites is 1. The maximum absolute atomic E-state index is 5.60. The molecule has 0 aliphatic carbocycles. The van der Waals surface area contributed by atoms with Crippen molar-refractivity contribution < 1.29 is 4.74 Å². The van der Waals surface area contributed by atoms with Gasteiger partial charge in [0, 0.05) is 0 Å². The van der Waals surface area contributed by atoms with Crippen LogP contribution in [0, 0.1) is 0 Å². The lowest BCUT2D eigenvalue weighted by Crippen LogP contribution is -2.03. The second-order valence-electron chi connectivity index (χ2n) is 2.78. The van der Waals surface area contributed by atoms with Crippen molar-refractivity contribution in [2.75, 3.05) is 0 Å². The summed E-state index contributed by atoms with van der Waals surface area (Å²) in [5.74, 6) is 1.18. The van der Waals surface area contributed by atoms with Crippen molar-refractivity contribution in [3.05, 3.63) is 29.8 Å². The van der Waals surface area contributed by atoms with Gasteiger partial charge in [-0.3, -0.25) is 0 Å². The van der Waals surface area contributed by atoms with Crippen LogP contribution in [0.25, 0.3) is 0 Å². The zero-order valence-corrected chi connectivity index (χ0v) is 8.73. The Morgan fingerprint density at radius 1 is 1.42 bits per heavy atom. The zero-order chi connectivity index (χ0) is 8.97. The van der Waals surface area contributed by atoms with Gasteiger partial charge in [-0.05, 0) is 25.0 Å². The standard InChI is InChI=1S/C10H15OP/c1-3-9-6-4-5-7-10(9)11-8(2)12/h4-8H,3,12H2,1-2H3. The van der Waals surface area contributed by atoms with Crippen LogP contribution in [0.4, 0.5) is 0 Å². The number of benzene rings is 1. The normalized spacial score (nSPS) is 12.6. The molecule has 0 amide bonds. The summed E-state index contributed by atoms with van der Waals surface area (Å²) in [7, 11) is 2.63. The van der Waals surface area contributed by atoms with E-state index in [0.29, 0.717) is 0 Å². The highest BCUT2D eigenvalue weighted by Gasteiger charge is 2.01. The van der Waals surface area contributed by atoms with Gasteiger partial charge in [0.05, 0.1) is 0 Å². The molecule has 2 atom stereocenters. The van der Waals surface area contributed by atoms with Gasteiger partial charge in [0.25, 0.3) is 0 Å². The lowest BCUT2D eigenvalue weighted by atomic mass is 10.1. The molecule has 0 saturated carbocycles. The van der Waals surface area contributed by atoms with Gasteiger partial charge in [-0.1, -0.05) is 34.4 Å². The molecule has 2 unspecified atom stereocenters. The van der Waals surface area contributed by atoms with E-state index in [0.717, 1.165) is 12.2 Å². The van der Waals surface area contributed by atoms with Crippen molar-refractivity contribution in [2.24, 2.45) is 0 Å². The maximum atomic E-state index is 5.60. The van der Waals surface area contributed by atoms with Gasteiger partial charge >= 0.3 is 0 Å². The van der Waals surface area contributed by atoms with Gasteiger partial charge < -0.3 is 4.74 Å². The van der Waals surface area contributed by atoms with E-state index in [4.69, 9.17) is 4.74 Å². The summed E-state index contributed by atoms with van der Waals surface area (Å²) in [6, 6.07) is 8.16. The second-order valence-corrected chi connectivity index (χ2v) is 3.72. The number of hydrogen-bond acceptors (Lipinski definition) is 1. The predicted molar refractivity (Wildman–Crippen MR) is 55.6 cm³/mol. The molecule has 0 heterocycles. The molecular formula is C10H15OP. The lowest BCUT2D eigenvalue weighted by molar-refractivity contribution is 0.304. The summed E-state index contributed by atoms with van der Waals surface area (Å²) in [6.45, 7) is 4.15. The predicted octanol–water partition coefficient (Wildman–Crippen LogP) is 2.85. The van der Waals surface area contributed by atoms with E-state index in [1.54, 1.807) is 0 Å². The molecule has 66 valence electrons. The number of ether oxygens (including phenoxy) is 1. The minimum Gasteiger partial charge on any atom is -0.487 e. The van der Waals surface area contributed by atoms with Crippen LogP contribution in [-0.2, 0) is 6.42 Å². The topological polar surface area (TPSA) is 9.23 Å². The second kappa shape index (κ2) is 4.47. The first-order chi connectivity index (χ1) is 5.74. The van der Waals surface area contributed by atoms with Crippen LogP contribution in [0.3, 0.4) is 0 Å². The van der Waals surface area contributed by atoms with Crippen molar-refractivity contribution in [1.82, 2.24) is 0 Å². The summed E-state index contributed by atoms with van der Waals surface area (Å²) >= 11 is 0. The Labute approximate surface area is 76.3 Å². The zero-order valence-electron chi connectivity index (χ0n) is 7.58. The SMILES string of the molecule is CCc1ccccc1OC(C)P. The summed E-state index contributed by atoms with van der Waals surface area (Å²) < 4.78 is 5.60. The highest BCUT2D eigenvalue weighted by Crippen LogP contribution is 2.20. The number of hydrogen-bond donors (Lipinski definition) is 0. The maximum Gasteiger partial charge on any atom is 0.123 e. The molecule has 12 heavy (non-hydrogen) atoms. The fourth-order valence-electron chi connectivity index (χ4n) is 1.11. The van der Waals surface area contributed by atoms with E-state index in [-0.39, 0.29) is 5.85 Å². The van der Waals surface area contributed by atoms with Crippen molar-refractivity contribution in [3.8, 4) is 5.75 Å². The van der Waals surface area contributed by atoms with E-state index in [9.17, 15) is 0 Å². The molecule has 1 rings (SSSR count). The minimum absolute atomic E-state index is 0.178. The van der Waals surface area contributed by atoms with Gasteiger partial charge in [0.1, 0.15) is 11.6 Å². The smallest absolute Gasteiger partial charge is 0.123 e. The third-order valence-electron chi connectivity index (χ3n) is 1.67. The molecule has 0 N–H and O–H groups in total. The number of rotatable bonds is 3. The number of aryl methyl sites for hydroxylation is 1. The van der Waals surface area contributed by atoms with E-state index < -0.39 is 0 Å². The Kier molecular flexibility index (Phi) is 3.55. The molecule has 0 aliphatic heterocycles. The molecule has 0 aliphatic rings. The molecular weight excluding hydrogens is 167 g/mol. The van der Waals surface area contributed by atoms with E-state index >= 15 is 0 Å². The molecule has 0 fully saturated rings. The summed E-state index contributed by atoms with van der Waals surface area (Å²) in [5.41, 5.74) is 1.27. The third-order valence-corrected chi connectivity index (χ3v) is 1.80.